The van der Waals surface area contributed by atoms with Gasteiger partial charge in [-0.1, -0.05) is 0 Å². The van der Waals surface area contributed by atoms with Crippen molar-refractivity contribution in [1.82, 2.24) is 15.3 Å². The van der Waals surface area contributed by atoms with Crippen molar-refractivity contribution in [2.24, 2.45) is 5.92 Å². The van der Waals surface area contributed by atoms with Gasteiger partial charge in [-0.2, -0.15) is 4.98 Å². The first-order chi connectivity index (χ1) is 7.38. The van der Waals surface area contributed by atoms with Crippen molar-refractivity contribution in [2.45, 2.75) is 19.3 Å². The van der Waals surface area contributed by atoms with Gasteiger partial charge in [0.15, 0.2) is 0 Å². The molecule has 82 valence electrons. The molecule has 2 heterocycles. The predicted octanol–water partition coefficient (Wildman–Crippen LogP) is 1.03. The van der Waals surface area contributed by atoms with Crippen LogP contribution in [0.5, 0.6) is 5.88 Å². The molecule has 1 N–H and O–H groups in total. The molecule has 0 radical (unpaired) electrons. The summed E-state index contributed by atoms with van der Waals surface area (Å²) in [6.07, 6.45) is 5.24. The maximum absolute atomic E-state index is 5.08. The number of ether oxygens (including phenoxy) is 1. The molecule has 1 atom stereocenters. The minimum atomic E-state index is 0.656. The Hall–Kier alpha value is -1.16. The van der Waals surface area contributed by atoms with E-state index in [9.17, 15) is 0 Å². The summed E-state index contributed by atoms with van der Waals surface area (Å²) in [7, 11) is 1.63. The second kappa shape index (κ2) is 5.07. The molecule has 0 aromatic carbocycles. The van der Waals surface area contributed by atoms with Crippen LogP contribution in [0.4, 0.5) is 0 Å². The third kappa shape index (κ3) is 2.89. The van der Waals surface area contributed by atoms with Crippen LogP contribution in [0.25, 0.3) is 0 Å². The van der Waals surface area contributed by atoms with Gasteiger partial charge in [0.1, 0.15) is 5.82 Å². The van der Waals surface area contributed by atoms with Gasteiger partial charge in [-0.15, -0.1) is 0 Å². The quantitative estimate of drug-likeness (QED) is 0.804. The van der Waals surface area contributed by atoms with Crippen molar-refractivity contribution in [2.75, 3.05) is 20.2 Å². The third-order valence-electron chi connectivity index (χ3n) is 2.76. The van der Waals surface area contributed by atoms with Crippen LogP contribution in [-0.2, 0) is 6.42 Å². The molecule has 0 aliphatic carbocycles. The Bertz CT molecular complexity index is 310. The maximum atomic E-state index is 5.08. The Morgan fingerprint density at radius 2 is 2.53 bits per heavy atom. The molecule has 0 unspecified atom stereocenters. The standard InChI is InChI=1S/C11H17N3O/c1-15-11-4-6-13-10(14-11)7-9-3-2-5-12-8-9/h4,6,9,12H,2-3,5,7-8H2,1H3/t9-/m0/s1. The molecule has 1 aromatic heterocycles. The summed E-state index contributed by atoms with van der Waals surface area (Å²) in [4.78, 5) is 8.59. The summed E-state index contributed by atoms with van der Waals surface area (Å²) in [5.74, 6) is 2.22. The highest BCUT2D eigenvalue weighted by Crippen LogP contribution is 2.15. The van der Waals surface area contributed by atoms with Crippen molar-refractivity contribution in [1.29, 1.82) is 0 Å². The van der Waals surface area contributed by atoms with Gasteiger partial charge in [-0.25, -0.2) is 4.98 Å². The van der Waals surface area contributed by atoms with E-state index in [2.05, 4.69) is 15.3 Å². The topological polar surface area (TPSA) is 47.0 Å². The molecule has 0 bridgehead atoms. The SMILES string of the molecule is COc1ccnc(C[C@@H]2CCCNC2)n1. The highest BCUT2D eigenvalue weighted by molar-refractivity contribution is 5.08. The molecule has 1 fully saturated rings. The van der Waals surface area contributed by atoms with Gasteiger partial charge in [-0.05, 0) is 31.8 Å². The fourth-order valence-corrected chi connectivity index (χ4v) is 1.95. The van der Waals surface area contributed by atoms with E-state index in [0.717, 1.165) is 25.3 Å². The lowest BCUT2D eigenvalue weighted by molar-refractivity contribution is 0.363. The van der Waals surface area contributed by atoms with Gasteiger partial charge in [0.05, 0.1) is 7.11 Å². The molecule has 1 aromatic rings. The summed E-state index contributed by atoms with van der Waals surface area (Å²) < 4.78 is 5.08. The molecule has 1 saturated heterocycles. The van der Waals surface area contributed by atoms with E-state index in [0.29, 0.717) is 11.8 Å². The van der Waals surface area contributed by atoms with Crippen LogP contribution in [0.1, 0.15) is 18.7 Å². The molecule has 0 amide bonds. The Morgan fingerprint density at radius 1 is 1.60 bits per heavy atom. The van der Waals surface area contributed by atoms with Crippen LogP contribution in [0, 0.1) is 5.92 Å². The lowest BCUT2D eigenvalue weighted by atomic mass is 9.96. The Balaban J connectivity index is 1.96. The van der Waals surface area contributed by atoms with E-state index in [1.165, 1.54) is 12.8 Å². The average molecular weight is 207 g/mol. The molecule has 0 saturated carbocycles. The molecule has 1 aliphatic rings. The number of methoxy groups -OCH3 is 1. The average Bonchev–Trinajstić information content (AvgIpc) is 2.31. The van der Waals surface area contributed by atoms with E-state index in [1.807, 2.05) is 0 Å². The summed E-state index contributed by atoms with van der Waals surface area (Å²) in [5, 5.41) is 3.40. The highest BCUT2D eigenvalue weighted by atomic mass is 16.5. The summed E-state index contributed by atoms with van der Waals surface area (Å²) >= 11 is 0. The van der Waals surface area contributed by atoms with E-state index in [1.54, 1.807) is 19.4 Å². The summed E-state index contributed by atoms with van der Waals surface area (Å²) in [6.45, 7) is 2.23. The Labute approximate surface area is 90.1 Å². The number of hydrogen-bond acceptors (Lipinski definition) is 4. The number of nitrogens with one attached hydrogen (secondary N) is 1. The van der Waals surface area contributed by atoms with Crippen molar-refractivity contribution >= 4 is 0 Å². The number of hydrogen-bond donors (Lipinski definition) is 1. The minimum absolute atomic E-state index is 0.656. The fraction of sp³-hybridized carbons (Fsp3) is 0.636. The molecule has 4 heteroatoms. The number of aromatic nitrogens is 2. The van der Waals surface area contributed by atoms with E-state index < -0.39 is 0 Å². The van der Waals surface area contributed by atoms with Crippen LogP contribution < -0.4 is 10.1 Å². The maximum Gasteiger partial charge on any atom is 0.216 e. The molecule has 15 heavy (non-hydrogen) atoms. The number of rotatable bonds is 3. The Kier molecular flexibility index (Phi) is 3.50. The zero-order valence-electron chi connectivity index (χ0n) is 9.07. The minimum Gasteiger partial charge on any atom is -0.481 e. The van der Waals surface area contributed by atoms with E-state index in [4.69, 9.17) is 4.74 Å². The first-order valence-electron chi connectivity index (χ1n) is 5.45. The third-order valence-corrected chi connectivity index (χ3v) is 2.76. The summed E-state index contributed by atoms with van der Waals surface area (Å²) in [6, 6.07) is 1.78. The number of piperidine rings is 1. The van der Waals surface area contributed by atoms with E-state index in [-0.39, 0.29) is 0 Å². The van der Waals surface area contributed by atoms with Gasteiger partial charge in [-0.3, -0.25) is 0 Å². The van der Waals surface area contributed by atoms with Gasteiger partial charge in [0, 0.05) is 18.7 Å². The monoisotopic (exact) mass is 207 g/mol. The molecule has 2 rings (SSSR count). The molecular weight excluding hydrogens is 190 g/mol. The zero-order chi connectivity index (χ0) is 10.5. The van der Waals surface area contributed by atoms with Crippen LogP contribution in [-0.4, -0.2) is 30.2 Å². The Morgan fingerprint density at radius 3 is 3.27 bits per heavy atom. The predicted molar refractivity (Wildman–Crippen MR) is 57.9 cm³/mol. The van der Waals surface area contributed by atoms with Crippen molar-refractivity contribution in [3.8, 4) is 5.88 Å². The molecule has 4 nitrogen and oxygen atoms in total. The van der Waals surface area contributed by atoms with Crippen LogP contribution in [0.15, 0.2) is 12.3 Å². The normalized spacial score (nSPS) is 21.3. The molecular formula is C11H17N3O. The first kappa shape index (κ1) is 10.4. The molecule has 1 aliphatic heterocycles. The largest absolute Gasteiger partial charge is 0.481 e. The number of nitrogens with zero attached hydrogens (tertiary/aromatic N) is 2. The second-order valence-corrected chi connectivity index (χ2v) is 3.93. The fourth-order valence-electron chi connectivity index (χ4n) is 1.95. The first-order valence-corrected chi connectivity index (χ1v) is 5.45. The smallest absolute Gasteiger partial charge is 0.216 e. The van der Waals surface area contributed by atoms with E-state index >= 15 is 0 Å². The van der Waals surface area contributed by atoms with Crippen LogP contribution in [0.2, 0.25) is 0 Å². The van der Waals surface area contributed by atoms with Gasteiger partial charge in [0.2, 0.25) is 5.88 Å². The summed E-state index contributed by atoms with van der Waals surface area (Å²) in [5.41, 5.74) is 0. The molecule has 0 spiro atoms. The van der Waals surface area contributed by atoms with Crippen molar-refractivity contribution in [3.05, 3.63) is 18.1 Å². The van der Waals surface area contributed by atoms with Crippen LogP contribution >= 0.6 is 0 Å². The zero-order valence-corrected chi connectivity index (χ0v) is 9.07. The van der Waals surface area contributed by atoms with Crippen LogP contribution in [0.3, 0.4) is 0 Å². The van der Waals surface area contributed by atoms with Crippen molar-refractivity contribution < 1.29 is 4.74 Å². The second-order valence-electron chi connectivity index (χ2n) is 3.93. The van der Waals surface area contributed by atoms with Crippen molar-refractivity contribution in [3.63, 3.8) is 0 Å². The van der Waals surface area contributed by atoms with Gasteiger partial charge < -0.3 is 10.1 Å². The lowest BCUT2D eigenvalue weighted by Gasteiger charge is -2.21. The van der Waals surface area contributed by atoms with Gasteiger partial charge >= 0.3 is 0 Å². The highest BCUT2D eigenvalue weighted by Gasteiger charge is 2.14. The van der Waals surface area contributed by atoms with Gasteiger partial charge in [0.25, 0.3) is 0 Å². The lowest BCUT2D eigenvalue weighted by Crippen LogP contribution is -2.31.